The second-order valence-electron chi connectivity index (χ2n) is 4.90. The lowest BCUT2D eigenvalue weighted by Gasteiger charge is -2.15. The minimum absolute atomic E-state index is 0.341. The predicted molar refractivity (Wildman–Crippen MR) is 90.7 cm³/mol. The van der Waals surface area contributed by atoms with E-state index in [1.165, 1.54) is 0 Å². The Bertz CT molecular complexity index is 1010. The van der Waals surface area contributed by atoms with Gasteiger partial charge < -0.3 is 20.9 Å². The standard InChI is InChI=1S/C13H11F3N4O6S2/c14-13(15,16)26-8-3-6(1-2-7(8)19-9(21)4-17)28(24,25)20-11-10(12(22)23)18-5-27-11/h1-3,5,20H,4,17H2,(H,19,21)(H,22,23). The van der Waals surface area contributed by atoms with Crippen LogP contribution >= 0.6 is 11.3 Å². The van der Waals surface area contributed by atoms with Crippen LogP contribution in [0.1, 0.15) is 10.5 Å². The summed E-state index contributed by atoms with van der Waals surface area (Å²) in [7, 11) is -4.50. The minimum atomic E-state index is -5.17. The number of amides is 1. The van der Waals surface area contributed by atoms with Crippen molar-refractivity contribution in [2.45, 2.75) is 11.3 Å². The van der Waals surface area contributed by atoms with Crippen LogP contribution in [0.25, 0.3) is 0 Å². The number of halogens is 3. The summed E-state index contributed by atoms with van der Waals surface area (Å²) >= 11 is 0.664. The van der Waals surface area contributed by atoms with Crippen molar-refractivity contribution in [2.75, 3.05) is 16.6 Å². The van der Waals surface area contributed by atoms with E-state index in [2.05, 4.69) is 9.72 Å². The van der Waals surface area contributed by atoms with Gasteiger partial charge in [0.25, 0.3) is 10.0 Å². The van der Waals surface area contributed by atoms with Crippen molar-refractivity contribution in [3.8, 4) is 5.75 Å². The van der Waals surface area contributed by atoms with Crippen LogP contribution in [0.15, 0.2) is 28.6 Å². The number of carbonyl (C=O) groups is 2. The van der Waals surface area contributed by atoms with E-state index in [9.17, 15) is 31.2 Å². The monoisotopic (exact) mass is 440 g/mol. The van der Waals surface area contributed by atoms with E-state index < -0.39 is 56.8 Å². The minimum Gasteiger partial charge on any atom is -0.476 e. The Kier molecular flexibility index (Phi) is 6.10. The number of sulfonamides is 1. The zero-order chi connectivity index (χ0) is 21.1. The number of rotatable bonds is 7. The van der Waals surface area contributed by atoms with E-state index in [-0.39, 0.29) is 5.00 Å². The van der Waals surface area contributed by atoms with E-state index >= 15 is 0 Å². The molecule has 0 bridgehead atoms. The van der Waals surface area contributed by atoms with Gasteiger partial charge in [0.2, 0.25) is 5.91 Å². The van der Waals surface area contributed by atoms with Gasteiger partial charge in [-0.25, -0.2) is 18.2 Å². The Balaban J connectivity index is 2.43. The number of thiazole rings is 1. The van der Waals surface area contributed by atoms with Gasteiger partial charge in [0.1, 0.15) is 5.00 Å². The van der Waals surface area contributed by atoms with E-state index in [0.717, 1.165) is 17.6 Å². The molecule has 5 N–H and O–H groups in total. The maximum absolute atomic E-state index is 12.6. The molecule has 0 aliphatic carbocycles. The summed E-state index contributed by atoms with van der Waals surface area (Å²) in [5, 5.41) is 10.7. The molecule has 0 spiro atoms. The lowest BCUT2D eigenvalue weighted by atomic mass is 10.3. The van der Waals surface area contributed by atoms with Crippen LogP contribution in [0.4, 0.5) is 23.9 Å². The number of carbonyl (C=O) groups excluding carboxylic acids is 1. The van der Waals surface area contributed by atoms with Gasteiger partial charge in [-0.15, -0.1) is 24.5 Å². The molecule has 28 heavy (non-hydrogen) atoms. The molecule has 15 heteroatoms. The van der Waals surface area contributed by atoms with Gasteiger partial charge in [-0.1, -0.05) is 0 Å². The van der Waals surface area contributed by atoms with E-state index in [0.29, 0.717) is 17.4 Å². The zero-order valence-electron chi connectivity index (χ0n) is 13.5. The fraction of sp³-hybridized carbons (Fsp3) is 0.154. The molecule has 1 heterocycles. The Morgan fingerprint density at radius 3 is 2.57 bits per heavy atom. The molecule has 1 aromatic carbocycles. The maximum atomic E-state index is 12.6. The van der Waals surface area contributed by atoms with Crippen molar-refractivity contribution >= 4 is 43.9 Å². The first-order valence-corrected chi connectivity index (χ1v) is 9.38. The first-order valence-electron chi connectivity index (χ1n) is 7.02. The van der Waals surface area contributed by atoms with Crippen molar-refractivity contribution < 1.29 is 41.0 Å². The van der Waals surface area contributed by atoms with Crippen molar-refractivity contribution in [3.63, 3.8) is 0 Å². The molecule has 2 aromatic rings. The molecule has 0 radical (unpaired) electrons. The number of ether oxygens (including phenoxy) is 1. The molecule has 0 unspecified atom stereocenters. The van der Waals surface area contributed by atoms with Crippen molar-refractivity contribution in [3.05, 3.63) is 29.4 Å². The number of anilines is 2. The second kappa shape index (κ2) is 7.99. The van der Waals surface area contributed by atoms with Gasteiger partial charge >= 0.3 is 12.3 Å². The van der Waals surface area contributed by atoms with E-state index in [1.807, 2.05) is 10.0 Å². The lowest BCUT2D eigenvalue weighted by molar-refractivity contribution is -0.274. The van der Waals surface area contributed by atoms with Gasteiger partial charge in [0, 0.05) is 6.07 Å². The number of aromatic carboxylic acids is 1. The highest BCUT2D eigenvalue weighted by atomic mass is 32.2. The van der Waals surface area contributed by atoms with Crippen LogP contribution in [0, 0.1) is 0 Å². The lowest BCUT2D eigenvalue weighted by Crippen LogP contribution is -2.24. The molecule has 1 aromatic heterocycles. The Hall–Kier alpha value is -2.91. The summed E-state index contributed by atoms with van der Waals surface area (Å²) in [6.07, 6.45) is -5.17. The summed E-state index contributed by atoms with van der Waals surface area (Å²) in [4.78, 5) is 25.1. The Morgan fingerprint density at radius 2 is 2.00 bits per heavy atom. The molecular formula is C13H11F3N4O6S2. The Labute approximate surface area is 159 Å². The molecule has 152 valence electrons. The summed E-state index contributed by atoms with van der Waals surface area (Å²) in [6.45, 7) is -0.531. The normalized spacial score (nSPS) is 11.7. The van der Waals surface area contributed by atoms with Crippen molar-refractivity contribution in [1.29, 1.82) is 0 Å². The molecule has 1 amide bonds. The van der Waals surface area contributed by atoms with Crippen molar-refractivity contribution in [1.82, 2.24) is 4.98 Å². The molecular weight excluding hydrogens is 429 g/mol. The van der Waals surface area contributed by atoms with Crippen LogP contribution in [0.2, 0.25) is 0 Å². The van der Waals surface area contributed by atoms with Gasteiger partial charge in [0.15, 0.2) is 11.4 Å². The number of carboxylic acids is 1. The number of hydrogen-bond donors (Lipinski definition) is 4. The summed E-state index contributed by atoms with van der Waals surface area (Å²) in [5.41, 5.74) is 5.11. The maximum Gasteiger partial charge on any atom is 0.573 e. The first-order chi connectivity index (χ1) is 12.9. The van der Waals surface area contributed by atoms with Gasteiger partial charge in [-0.05, 0) is 12.1 Å². The third-order valence-electron chi connectivity index (χ3n) is 2.95. The van der Waals surface area contributed by atoms with Crippen LogP contribution < -0.4 is 20.5 Å². The molecule has 0 saturated heterocycles. The van der Waals surface area contributed by atoms with Gasteiger partial charge in [-0.3, -0.25) is 9.52 Å². The highest BCUT2D eigenvalue weighted by molar-refractivity contribution is 7.93. The highest BCUT2D eigenvalue weighted by Crippen LogP contribution is 2.33. The molecule has 0 fully saturated rings. The summed E-state index contributed by atoms with van der Waals surface area (Å²) < 4.78 is 68.4. The number of benzene rings is 1. The topological polar surface area (TPSA) is 161 Å². The number of nitrogens with one attached hydrogen (secondary N) is 2. The quantitative estimate of drug-likeness (QED) is 0.503. The summed E-state index contributed by atoms with van der Waals surface area (Å²) in [5.74, 6) is -3.34. The average molecular weight is 440 g/mol. The van der Waals surface area contributed by atoms with Gasteiger partial charge in [-0.2, -0.15) is 0 Å². The van der Waals surface area contributed by atoms with Crippen LogP contribution in [0.3, 0.4) is 0 Å². The smallest absolute Gasteiger partial charge is 0.476 e. The molecule has 2 rings (SSSR count). The molecule has 0 aliphatic heterocycles. The van der Waals surface area contributed by atoms with E-state index in [4.69, 9.17) is 10.8 Å². The number of nitrogens with zero attached hydrogens (tertiary/aromatic N) is 1. The number of carboxylic acid groups (broad SMARTS) is 1. The number of aromatic nitrogens is 1. The highest BCUT2D eigenvalue weighted by Gasteiger charge is 2.33. The van der Waals surface area contributed by atoms with E-state index in [1.54, 1.807) is 0 Å². The Morgan fingerprint density at radius 1 is 1.32 bits per heavy atom. The molecule has 0 atom stereocenters. The number of alkyl halides is 3. The van der Waals surface area contributed by atoms with Gasteiger partial charge in [0.05, 0.1) is 22.6 Å². The number of nitrogens with two attached hydrogens (primary N) is 1. The van der Waals surface area contributed by atoms with Crippen LogP contribution in [-0.2, 0) is 14.8 Å². The fourth-order valence-corrected chi connectivity index (χ4v) is 3.84. The second-order valence-corrected chi connectivity index (χ2v) is 7.44. The molecule has 10 nitrogen and oxygen atoms in total. The largest absolute Gasteiger partial charge is 0.573 e. The fourth-order valence-electron chi connectivity index (χ4n) is 1.84. The molecule has 0 aliphatic rings. The predicted octanol–water partition coefficient (Wildman–Crippen LogP) is 1.44. The molecule has 0 saturated carbocycles. The van der Waals surface area contributed by atoms with Crippen LogP contribution in [-0.4, -0.2) is 43.3 Å². The SMILES string of the molecule is NCC(=O)Nc1ccc(S(=O)(=O)Nc2scnc2C(=O)O)cc1OC(F)(F)F. The first kappa shape index (κ1) is 21.4. The van der Waals surface area contributed by atoms with Crippen molar-refractivity contribution in [2.24, 2.45) is 5.73 Å². The third-order valence-corrected chi connectivity index (χ3v) is 5.16. The zero-order valence-corrected chi connectivity index (χ0v) is 15.1. The van der Waals surface area contributed by atoms with Crippen LogP contribution in [0.5, 0.6) is 5.75 Å². The summed E-state index contributed by atoms with van der Waals surface area (Å²) in [6, 6.07) is 2.27. The number of hydrogen-bond acceptors (Lipinski definition) is 8. The average Bonchev–Trinajstić information content (AvgIpc) is 3.02. The third kappa shape index (κ3) is 5.30.